The van der Waals surface area contributed by atoms with Gasteiger partial charge in [-0.05, 0) is 42.4 Å². The maximum Gasteiger partial charge on any atom is 0.222 e. The average molecular weight is 292 g/mol. The number of likely N-dealkylation sites (tertiary alicyclic amines) is 1. The Morgan fingerprint density at radius 2 is 1.95 bits per heavy atom. The van der Waals surface area contributed by atoms with E-state index in [2.05, 4.69) is 13.8 Å². The van der Waals surface area contributed by atoms with Crippen LogP contribution in [0.5, 0.6) is 0 Å². The van der Waals surface area contributed by atoms with Crippen molar-refractivity contribution in [3.63, 3.8) is 0 Å². The van der Waals surface area contributed by atoms with Gasteiger partial charge in [0.15, 0.2) is 0 Å². The minimum absolute atomic E-state index is 0.190. The molecule has 1 fully saturated rings. The summed E-state index contributed by atoms with van der Waals surface area (Å²) in [5.41, 5.74) is 7.04. The summed E-state index contributed by atoms with van der Waals surface area (Å²) in [4.78, 5) is 14.1. The van der Waals surface area contributed by atoms with E-state index in [1.54, 1.807) is 12.1 Å². The normalized spacial score (nSPS) is 21.5. The lowest BCUT2D eigenvalue weighted by Crippen LogP contribution is -2.36. The van der Waals surface area contributed by atoms with Crippen molar-refractivity contribution in [1.82, 2.24) is 4.90 Å². The minimum Gasteiger partial charge on any atom is -0.341 e. The number of nitrogens with two attached hydrogens (primary N) is 1. The maximum absolute atomic E-state index is 12.9. The van der Waals surface area contributed by atoms with E-state index in [9.17, 15) is 9.18 Å². The Balaban J connectivity index is 1.97. The number of hydrogen-bond acceptors (Lipinski definition) is 2. The van der Waals surface area contributed by atoms with E-state index in [1.807, 2.05) is 4.90 Å². The van der Waals surface area contributed by atoms with Crippen molar-refractivity contribution in [1.29, 1.82) is 0 Å². The smallest absolute Gasteiger partial charge is 0.222 e. The van der Waals surface area contributed by atoms with Crippen LogP contribution < -0.4 is 5.73 Å². The number of nitrogens with zero attached hydrogens (tertiary/aromatic N) is 1. The van der Waals surface area contributed by atoms with Crippen LogP contribution in [0.1, 0.15) is 44.7 Å². The van der Waals surface area contributed by atoms with Crippen molar-refractivity contribution in [2.75, 3.05) is 13.1 Å². The molecule has 21 heavy (non-hydrogen) atoms. The van der Waals surface area contributed by atoms with E-state index in [4.69, 9.17) is 5.73 Å². The van der Waals surface area contributed by atoms with E-state index in [0.717, 1.165) is 24.9 Å². The number of amides is 1. The molecule has 0 aliphatic carbocycles. The quantitative estimate of drug-likeness (QED) is 0.927. The second-order valence-corrected chi connectivity index (χ2v) is 6.33. The first-order valence-corrected chi connectivity index (χ1v) is 7.76. The molecule has 1 aliphatic rings. The van der Waals surface area contributed by atoms with Gasteiger partial charge in [-0.1, -0.05) is 26.0 Å². The lowest BCUT2D eigenvalue weighted by molar-refractivity contribution is -0.130. The fourth-order valence-corrected chi connectivity index (χ4v) is 2.97. The van der Waals surface area contributed by atoms with Crippen molar-refractivity contribution in [2.24, 2.45) is 17.6 Å². The third-order valence-corrected chi connectivity index (χ3v) is 4.51. The molecule has 0 radical (unpaired) electrons. The Morgan fingerprint density at radius 1 is 1.29 bits per heavy atom. The summed E-state index contributed by atoms with van der Waals surface area (Å²) in [6.07, 6.45) is 2.62. The van der Waals surface area contributed by atoms with Crippen LogP contribution in [0.4, 0.5) is 4.39 Å². The topological polar surface area (TPSA) is 46.3 Å². The lowest BCUT2D eigenvalue weighted by atomic mass is 9.89. The number of rotatable bonds is 4. The third kappa shape index (κ3) is 4.27. The van der Waals surface area contributed by atoms with E-state index in [0.29, 0.717) is 24.8 Å². The highest BCUT2D eigenvalue weighted by molar-refractivity contribution is 5.76. The second kappa shape index (κ2) is 7.03. The second-order valence-electron chi connectivity index (χ2n) is 6.33. The largest absolute Gasteiger partial charge is 0.341 e. The zero-order valence-corrected chi connectivity index (χ0v) is 12.9. The van der Waals surface area contributed by atoms with Crippen molar-refractivity contribution < 1.29 is 9.18 Å². The maximum atomic E-state index is 12.9. The van der Waals surface area contributed by atoms with Gasteiger partial charge in [0.2, 0.25) is 5.91 Å². The van der Waals surface area contributed by atoms with Gasteiger partial charge in [-0.3, -0.25) is 4.79 Å². The summed E-state index contributed by atoms with van der Waals surface area (Å²) in [5, 5.41) is 0. The van der Waals surface area contributed by atoms with Crippen LogP contribution in [0.15, 0.2) is 24.3 Å². The highest BCUT2D eigenvalue weighted by Gasteiger charge is 2.25. The zero-order chi connectivity index (χ0) is 15.4. The fourth-order valence-electron chi connectivity index (χ4n) is 2.97. The van der Waals surface area contributed by atoms with Crippen LogP contribution >= 0.6 is 0 Å². The molecule has 2 rings (SSSR count). The SMILES string of the molecule is CC(C)C1CCC(=O)N(CC(N)c2ccc(F)cc2)CC1. The summed E-state index contributed by atoms with van der Waals surface area (Å²) in [6.45, 7) is 5.72. The highest BCUT2D eigenvalue weighted by atomic mass is 19.1. The molecule has 0 spiro atoms. The highest BCUT2D eigenvalue weighted by Crippen LogP contribution is 2.26. The van der Waals surface area contributed by atoms with Gasteiger partial charge in [0.05, 0.1) is 0 Å². The summed E-state index contributed by atoms with van der Waals surface area (Å²) in [7, 11) is 0. The number of hydrogen-bond donors (Lipinski definition) is 1. The molecule has 1 aromatic rings. The third-order valence-electron chi connectivity index (χ3n) is 4.51. The Morgan fingerprint density at radius 3 is 2.57 bits per heavy atom. The predicted octanol–water partition coefficient (Wildman–Crippen LogP) is 3.11. The Kier molecular flexibility index (Phi) is 5.34. The molecule has 1 aliphatic heterocycles. The van der Waals surface area contributed by atoms with E-state index in [-0.39, 0.29) is 17.8 Å². The van der Waals surface area contributed by atoms with Crippen LogP contribution in [-0.2, 0) is 4.79 Å². The zero-order valence-electron chi connectivity index (χ0n) is 12.9. The van der Waals surface area contributed by atoms with Gasteiger partial charge < -0.3 is 10.6 Å². The number of carbonyl (C=O) groups is 1. The average Bonchev–Trinajstić information content (AvgIpc) is 2.62. The summed E-state index contributed by atoms with van der Waals surface area (Å²) >= 11 is 0. The van der Waals surface area contributed by atoms with Gasteiger partial charge in [0.1, 0.15) is 5.82 Å². The molecule has 1 aromatic carbocycles. The molecule has 3 nitrogen and oxygen atoms in total. The van der Waals surface area contributed by atoms with Crippen LogP contribution in [-0.4, -0.2) is 23.9 Å². The van der Waals surface area contributed by atoms with Gasteiger partial charge in [0.25, 0.3) is 0 Å². The van der Waals surface area contributed by atoms with E-state index >= 15 is 0 Å². The molecule has 0 bridgehead atoms. The Labute approximate surface area is 126 Å². The standard InChI is InChI=1S/C17H25FN2O/c1-12(2)13-5-8-17(21)20(10-9-13)11-16(19)14-3-6-15(18)7-4-14/h3-4,6-7,12-13,16H,5,8-11,19H2,1-2H3. The first-order valence-electron chi connectivity index (χ1n) is 7.76. The number of halogens is 1. The molecule has 0 saturated carbocycles. The first-order chi connectivity index (χ1) is 9.97. The van der Waals surface area contributed by atoms with Crippen molar-refractivity contribution in [3.8, 4) is 0 Å². The van der Waals surface area contributed by atoms with Gasteiger partial charge in [-0.15, -0.1) is 0 Å². The number of carbonyl (C=O) groups excluding carboxylic acids is 1. The molecule has 2 N–H and O–H groups in total. The Hall–Kier alpha value is -1.42. The molecule has 1 saturated heterocycles. The van der Waals surface area contributed by atoms with Crippen molar-refractivity contribution >= 4 is 5.91 Å². The van der Waals surface area contributed by atoms with Crippen LogP contribution in [0, 0.1) is 17.7 Å². The van der Waals surface area contributed by atoms with Gasteiger partial charge in [-0.2, -0.15) is 0 Å². The van der Waals surface area contributed by atoms with Crippen LogP contribution in [0.3, 0.4) is 0 Å². The molecule has 116 valence electrons. The molecule has 1 heterocycles. The summed E-state index contributed by atoms with van der Waals surface area (Å²) in [6, 6.07) is 5.95. The van der Waals surface area contributed by atoms with Crippen LogP contribution in [0.2, 0.25) is 0 Å². The molecular weight excluding hydrogens is 267 g/mol. The van der Waals surface area contributed by atoms with Gasteiger partial charge in [-0.25, -0.2) is 4.39 Å². The lowest BCUT2D eigenvalue weighted by Gasteiger charge is -2.25. The molecule has 1 amide bonds. The first kappa shape index (κ1) is 16.0. The van der Waals surface area contributed by atoms with Gasteiger partial charge >= 0.3 is 0 Å². The van der Waals surface area contributed by atoms with Gasteiger partial charge in [0, 0.05) is 25.6 Å². The fraction of sp³-hybridized carbons (Fsp3) is 0.588. The molecule has 2 atom stereocenters. The monoisotopic (exact) mass is 292 g/mol. The van der Waals surface area contributed by atoms with Crippen molar-refractivity contribution in [3.05, 3.63) is 35.6 Å². The molecule has 2 unspecified atom stereocenters. The molecule has 0 aromatic heterocycles. The molecular formula is C17H25FN2O. The van der Waals surface area contributed by atoms with Crippen molar-refractivity contribution in [2.45, 2.75) is 39.2 Å². The predicted molar refractivity (Wildman–Crippen MR) is 82.1 cm³/mol. The Bertz CT molecular complexity index is 472. The van der Waals surface area contributed by atoms with E-state index in [1.165, 1.54) is 12.1 Å². The summed E-state index contributed by atoms with van der Waals surface area (Å²) < 4.78 is 12.9. The minimum atomic E-state index is -0.267. The van der Waals surface area contributed by atoms with Crippen LogP contribution in [0.25, 0.3) is 0 Å². The van der Waals surface area contributed by atoms with E-state index < -0.39 is 0 Å². The number of benzene rings is 1. The summed E-state index contributed by atoms with van der Waals surface area (Å²) in [5.74, 6) is 1.15. The molecule has 4 heteroatoms.